The Balaban J connectivity index is 1.80. The summed E-state index contributed by atoms with van der Waals surface area (Å²) in [4.78, 5) is 4.25. The van der Waals surface area contributed by atoms with Crippen molar-refractivity contribution in [2.45, 2.75) is 32.4 Å². The molecule has 0 aromatic heterocycles. The summed E-state index contributed by atoms with van der Waals surface area (Å²) < 4.78 is 23.9. The normalized spacial score (nSPS) is 12.5. The molecule has 2 N–H and O–H groups in total. The lowest BCUT2D eigenvalue weighted by molar-refractivity contribution is 0.181. The number of nitrogens with one attached hydrogen (secondary N) is 2. The Labute approximate surface area is 167 Å². The SMILES string of the molecule is CN=C(NCCC(C)c1ccc(OC)cc1)NCc1ccc(F)c(COC)c1. The molecule has 0 saturated heterocycles. The van der Waals surface area contributed by atoms with E-state index in [1.807, 2.05) is 18.2 Å². The molecular formula is C22H30FN3O2. The molecule has 0 spiro atoms. The van der Waals surface area contributed by atoms with Crippen LogP contribution in [0.1, 0.15) is 36.0 Å². The average molecular weight is 387 g/mol. The molecule has 0 bridgehead atoms. The van der Waals surface area contributed by atoms with Crippen molar-refractivity contribution in [2.24, 2.45) is 4.99 Å². The topological polar surface area (TPSA) is 54.9 Å². The summed E-state index contributed by atoms with van der Waals surface area (Å²) in [5.41, 5.74) is 2.81. The van der Waals surface area contributed by atoms with Gasteiger partial charge in [-0.15, -0.1) is 0 Å². The molecule has 0 radical (unpaired) electrons. The third-order valence-electron chi connectivity index (χ3n) is 4.65. The highest BCUT2D eigenvalue weighted by Gasteiger charge is 2.07. The maximum absolute atomic E-state index is 13.7. The van der Waals surface area contributed by atoms with Crippen LogP contribution in [-0.2, 0) is 17.9 Å². The standard InChI is InChI=1S/C22H30FN3O2/c1-16(18-6-8-20(28-4)9-7-18)11-12-25-22(24-2)26-14-17-5-10-21(23)19(13-17)15-27-3/h5-10,13,16H,11-12,14-15H2,1-4H3,(H2,24,25,26). The number of halogens is 1. The Bertz CT molecular complexity index is 763. The summed E-state index contributed by atoms with van der Waals surface area (Å²) in [6.45, 7) is 3.82. The van der Waals surface area contributed by atoms with Gasteiger partial charge in [0.05, 0.1) is 13.7 Å². The predicted molar refractivity (Wildman–Crippen MR) is 111 cm³/mol. The molecule has 0 heterocycles. The summed E-state index contributed by atoms with van der Waals surface area (Å²) in [5.74, 6) is 1.76. The number of rotatable bonds is 9. The minimum atomic E-state index is -0.249. The van der Waals surface area contributed by atoms with E-state index in [4.69, 9.17) is 9.47 Å². The lowest BCUT2D eigenvalue weighted by Crippen LogP contribution is -2.37. The van der Waals surface area contributed by atoms with E-state index < -0.39 is 0 Å². The summed E-state index contributed by atoms with van der Waals surface area (Å²) in [6, 6.07) is 13.2. The zero-order valence-electron chi connectivity index (χ0n) is 17.1. The third kappa shape index (κ3) is 6.53. The van der Waals surface area contributed by atoms with Crippen LogP contribution in [0.15, 0.2) is 47.5 Å². The predicted octanol–water partition coefficient (Wildman–Crippen LogP) is 3.84. The van der Waals surface area contributed by atoms with Gasteiger partial charge in [0.1, 0.15) is 11.6 Å². The van der Waals surface area contributed by atoms with Crippen molar-refractivity contribution in [1.82, 2.24) is 10.6 Å². The van der Waals surface area contributed by atoms with E-state index in [9.17, 15) is 4.39 Å². The van der Waals surface area contributed by atoms with Gasteiger partial charge in [-0.1, -0.05) is 25.1 Å². The van der Waals surface area contributed by atoms with Gasteiger partial charge in [-0.25, -0.2) is 4.39 Å². The molecule has 2 aromatic carbocycles. The molecule has 0 amide bonds. The third-order valence-corrected chi connectivity index (χ3v) is 4.65. The summed E-state index contributed by atoms with van der Waals surface area (Å²) in [6.07, 6.45) is 0.974. The van der Waals surface area contributed by atoms with Crippen LogP contribution in [-0.4, -0.2) is 33.8 Å². The first-order valence-electron chi connectivity index (χ1n) is 9.42. The van der Waals surface area contributed by atoms with E-state index in [-0.39, 0.29) is 12.4 Å². The lowest BCUT2D eigenvalue weighted by atomic mass is 9.98. The van der Waals surface area contributed by atoms with Crippen molar-refractivity contribution in [3.05, 3.63) is 65.0 Å². The molecule has 0 saturated carbocycles. The molecule has 0 aliphatic carbocycles. The summed E-state index contributed by atoms with van der Waals surface area (Å²) in [7, 11) is 4.97. The molecule has 5 nitrogen and oxygen atoms in total. The van der Waals surface area contributed by atoms with Gasteiger partial charge in [-0.2, -0.15) is 0 Å². The van der Waals surface area contributed by atoms with E-state index in [0.29, 0.717) is 18.0 Å². The second-order valence-corrected chi connectivity index (χ2v) is 6.67. The van der Waals surface area contributed by atoms with Crippen molar-refractivity contribution in [3.63, 3.8) is 0 Å². The Morgan fingerprint density at radius 2 is 1.86 bits per heavy atom. The molecule has 1 atom stereocenters. The van der Waals surface area contributed by atoms with Crippen molar-refractivity contribution in [2.75, 3.05) is 27.8 Å². The fourth-order valence-corrected chi connectivity index (χ4v) is 2.92. The molecule has 152 valence electrons. The van der Waals surface area contributed by atoms with Crippen molar-refractivity contribution in [3.8, 4) is 5.75 Å². The highest BCUT2D eigenvalue weighted by atomic mass is 19.1. The molecule has 0 aliphatic rings. The van der Waals surface area contributed by atoms with Gasteiger partial charge in [0, 0.05) is 32.8 Å². The fourth-order valence-electron chi connectivity index (χ4n) is 2.92. The van der Waals surface area contributed by atoms with Crippen LogP contribution in [0.5, 0.6) is 5.75 Å². The Hall–Kier alpha value is -2.60. The maximum Gasteiger partial charge on any atom is 0.191 e. The van der Waals surface area contributed by atoms with Crippen LogP contribution in [0.3, 0.4) is 0 Å². The van der Waals surface area contributed by atoms with Gasteiger partial charge in [0.25, 0.3) is 0 Å². The Kier molecular flexibility index (Phi) is 8.75. The molecular weight excluding hydrogens is 357 g/mol. The van der Waals surface area contributed by atoms with Gasteiger partial charge >= 0.3 is 0 Å². The van der Waals surface area contributed by atoms with E-state index in [2.05, 4.69) is 34.7 Å². The van der Waals surface area contributed by atoms with Crippen LogP contribution < -0.4 is 15.4 Å². The van der Waals surface area contributed by atoms with Crippen LogP contribution >= 0.6 is 0 Å². The van der Waals surface area contributed by atoms with Crippen LogP contribution in [0.2, 0.25) is 0 Å². The smallest absolute Gasteiger partial charge is 0.191 e. The number of nitrogens with zero attached hydrogens (tertiary/aromatic N) is 1. The number of benzene rings is 2. The van der Waals surface area contributed by atoms with Gasteiger partial charge in [0.15, 0.2) is 5.96 Å². The maximum atomic E-state index is 13.7. The molecule has 2 rings (SSSR count). The zero-order valence-corrected chi connectivity index (χ0v) is 17.1. The quantitative estimate of drug-likeness (QED) is 0.507. The Morgan fingerprint density at radius 1 is 1.11 bits per heavy atom. The lowest BCUT2D eigenvalue weighted by Gasteiger charge is -2.16. The van der Waals surface area contributed by atoms with Gasteiger partial charge < -0.3 is 20.1 Å². The van der Waals surface area contributed by atoms with Crippen molar-refractivity contribution in [1.29, 1.82) is 0 Å². The molecule has 28 heavy (non-hydrogen) atoms. The van der Waals surface area contributed by atoms with Gasteiger partial charge in [-0.3, -0.25) is 4.99 Å². The van der Waals surface area contributed by atoms with Gasteiger partial charge in [-0.05, 0) is 47.7 Å². The number of guanidine groups is 1. The minimum Gasteiger partial charge on any atom is -0.497 e. The largest absolute Gasteiger partial charge is 0.497 e. The van der Waals surface area contributed by atoms with E-state index in [1.165, 1.54) is 11.6 Å². The van der Waals surface area contributed by atoms with Crippen LogP contribution in [0.4, 0.5) is 4.39 Å². The number of aliphatic imine (C=N–C) groups is 1. The first-order chi connectivity index (χ1) is 13.6. The van der Waals surface area contributed by atoms with E-state index in [1.54, 1.807) is 27.3 Å². The minimum absolute atomic E-state index is 0.249. The highest BCUT2D eigenvalue weighted by Crippen LogP contribution is 2.21. The molecule has 2 aromatic rings. The van der Waals surface area contributed by atoms with Crippen molar-refractivity contribution < 1.29 is 13.9 Å². The number of methoxy groups -OCH3 is 2. The molecule has 0 fully saturated rings. The first kappa shape index (κ1) is 21.7. The summed E-state index contributed by atoms with van der Waals surface area (Å²) >= 11 is 0. The molecule has 1 unspecified atom stereocenters. The highest BCUT2D eigenvalue weighted by molar-refractivity contribution is 5.79. The molecule has 0 aliphatic heterocycles. The molecule has 6 heteroatoms. The second kappa shape index (κ2) is 11.3. The second-order valence-electron chi connectivity index (χ2n) is 6.67. The summed E-state index contributed by atoms with van der Waals surface area (Å²) in [5, 5.41) is 6.59. The van der Waals surface area contributed by atoms with Crippen LogP contribution in [0.25, 0.3) is 0 Å². The zero-order chi connectivity index (χ0) is 20.4. The number of hydrogen-bond donors (Lipinski definition) is 2. The van der Waals surface area contributed by atoms with E-state index >= 15 is 0 Å². The number of ether oxygens (including phenoxy) is 2. The van der Waals surface area contributed by atoms with Crippen molar-refractivity contribution >= 4 is 5.96 Å². The first-order valence-corrected chi connectivity index (χ1v) is 9.42. The van der Waals surface area contributed by atoms with Gasteiger partial charge in [0.2, 0.25) is 0 Å². The Morgan fingerprint density at radius 3 is 2.50 bits per heavy atom. The fraction of sp³-hybridized carbons (Fsp3) is 0.409. The number of hydrogen-bond acceptors (Lipinski definition) is 3. The monoisotopic (exact) mass is 387 g/mol. The van der Waals surface area contributed by atoms with E-state index in [0.717, 1.165) is 30.2 Å². The average Bonchev–Trinajstić information content (AvgIpc) is 2.72. The van der Waals surface area contributed by atoms with Crippen LogP contribution in [0, 0.1) is 5.82 Å².